The number of aromatic nitrogens is 2. The van der Waals surface area contributed by atoms with Crippen molar-refractivity contribution >= 4 is 17.6 Å². The van der Waals surface area contributed by atoms with Crippen LogP contribution in [0.2, 0.25) is 0 Å². The summed E-state index contributed by atoms with van der Waals surface area (Å²) in [5.41, 5.74) is 9.08. The molecule has 3 rings (SSSR count). The lowest BCUT2D eigenvalue weighted by molar-refractivity contribution is -0.137. The number of benzene rings is 2. The molecular formula is C21H15F3N6O3. The van der Waals surface area contributed by atoms with Gasteiger partial charge in [-0.2, -0.15) is 18.4 Å². The highest BCUT2D eigenvalue weighted by Gasteiger charge is 2.34. The molecule has 2 amide bonds. The topological polar surface area (TPSA) is 157 Å². The number of alkyl halides is 3. The number of primary amides is 2. The van der Waals surface area contributed by atoms with E-state index in [1.807, 2.05) is 0 Å². The highest BCUT2D eigenvalue weighted by Crippen LogP contribution is 2.35. The van der Waals surface area contributed by atoms with Gasteiger partial charge in [0.25, 0.3) is 5.91 Å². The molecule has 33 heavy (non-hydrogen) atoms. The van der Waals surface area contributed by atoms with E-state index in [0.29, 0.717) is 5.56 Å². The molecule has 1 aromatic heterocycles. The molecule has 0 spiro atoms. The Morgan fingerprint density at radius 2 is 1.70 bits per heavy atom. The molecule has 0 radical (unpaired) electrons. The summed E-state index contributed by atoms with van der Waals surface area (Å²) in [6, 6.07) is 11.7. The molecule has 5 N–H and O–H groups in total. The zero-order chi connectivity index (χ0) is 24.2. The van der Waals surface area contributed by atoms with Gasteiger partial charge in [-0.1, -0.05) is 0 Å². The quantitative estimate of drug-likeness (QED) is 0.493. The van der Waals surface area contributed by atoms with E-state index in [2.05, 4.69) is 15.3 Å². The molecule has 0 aliphatic rings. The minimum Gasteiger partial charge on any atom is -0.457 e. The van der Waals surface area contributed by atoms with Crippen LogP contribution in [0.15, 0.2) is 48.5 Å². The van der Waals surface area contributed by atoms with Gasteiger partial charge in [0.05, 0.1) is 23.7 Å². The van der Waals surface area contributed by atoms with E-state index in [4.69, 9.17) is 21.5 Å². The van der Waals surface area contributed by atoms with Gasteiger partial charge < -0.3 is 21.5 Å². The van der Waals surface area contributed by atoms with Gasteiger partial charge >= 0.3 is 6.18 Å². The summed E-state index contributed by atoms with van der Waals surface area (Å²) in [5.74, 6) is -1.13. The fourth-order valence-corrected chi connectivity index (χ4v) is 2.70. The number of ether oxygens (including phenoxy) is 1. The Balaban J connectivity index is 1.87. The van der Waals surface area contributed by atoms with Crippen molar-refractivity contribution in [3.8, 4) is 29.0 Å². The number of nitrogens with two attached hydrogens (primary N) is 2. The Kier molecular flexibility index (Phi) is 6.43. The molecular weight excluding hydrogens is 441 g/mol. The second-order valence-corrected chi connectivity index (χ2v) is 6.59. The van der Waals surface area contributed by atoms with E-state index < -0.39 is 29.1 Å². The fraction of sp³-hybridized carbons (Fsp3) is 0.0952. The number of halogens is 3. The molecule has 168 valence electrons. The van der Waals surface area contributed by atoms with Crippen molar-refractivity contribution in [2.24, 2.45) is 11.5 Å². The highest BCUT2D eigenvalue weighted by atomic mass is 19.4. The Morgan fingerprint density at radius 1 is 1.03 bits per heavy atom. The lowest BCUT2D eigenvalue weighted by Gasteiger charge is -2.12. The number of anilines is 1. The van der Waals surface area contributed by atoms with Crippen molar-refractivity contribution in [1.29, 1.82) is 5.26 Å². The molecule has 1 heterocycles. The Bertz CT molecular complexity index is 1250. The molecule has 0 fully saturated rings. The standard InChI is InChI=1S/C21H15F3N6O3/c22-21(23,24)15-7-14(6-3-12(15)9-25)33-13-4-1-11(2-5-13)20-29-16(19(27)32)8-18(30-20)28-10-17(26)31/h1-8H,10H2,(H2,26,31)(H2,27,32)(H,28,29,30). The minimum absolute atomic E-state index is 0.0996. The second-order valence-electron chi connectivity index (χ2n) is 6.59. The van der Waals surface area contributed by atoms with Crippen molar-refractivity contribution in [3.63, 3.8) is 0 Å². The molecule has 0 unspecified atom stereocenters. The number of amides is 2. The van der Waals surface area contributed by atoms with Gasteiger partial charge in [-0.05, 0) is 42.5 Å². The van der Waals surface area contributed by atoms with Gasteiger partial charge in [-0.25, -0.2) is 9.97 Å². The number of nitrogens with one attached hydrogen (secondary N) is 1. The first-order valence-electron chi connectivity index (χ1n) is 9.17. The lowest BCUT2D eigenvalue weighted by Crippen LogP contribution is -2.23. The first kappa shape index (κ1) is 23.0. The largest absolute Gasteiger partial charge is 0.457 e. The third-order valence-electron chi connectivity index (χ3n) is 4.19. The molecule has 9 nitrogen and oxygen atoms in total. The van der Waals surface area contributed by atoms with Gasteiger partial charge in [-0.3, -0.25) is 9.59 Å². The summed E-state index contributed by atoms with van der Waals surface area (Å²) in [6.45, 7) is -0.230. The van der Waals surface area contributed by atoms with Crippen LogP contribution in [-0.2, 0) is 11.0 Å². The predicted octanol–water partition coefficient (Wildman–Crippen LogP) is 2.82. The van der Waals surface area contributed by atoms with E-state index in [-0.39, 0.29) is 35.4 Å². The third-order valence-corrected chi connectivity index (χ3v) is 4.19. The van der Waals surface area contributed by atoms with Gasteiger partial charge in [0.1, 0.15) is 23.0 Å². The van der Waals surface area contributed by atoms with Gasteiger partial charge in [0.15, 0.2) is 5.82 Å². The number of rotatable bonds is 7. The monoisotopic (exact) mass is 456 g/mol. The number of hydrogen-bond acceptors (Lipinski definition) is 7. The summed E-state index contributed by atoms with van der Waals surface area (Å²) >= 11 is 0. The van der Waals surface area contributed by atoms with E-state index in [9.17, 15) is 22.8 Å². The summed E-state index contributed by atoms with van der Waals surface area (Å²) < 4.78 is 44.9. The maximum Gasteiger partial charge on any atom is 0.417 e. The second kappa shape index (κ2) is 9.23. The number of carbonyl (C=O) groups is 2. The van der Waals surface area contributed by atoms with Crippen LogP contribution in [0.3, 0.4) is 0 Å². The highest BCUT2D eigenvalue weighted by molar-refractivity contribution is 5.92. The molecule has 3 aromatic rings. The molecule has 0 atom stereocenters. The molecule has 0 saturated carbocycles. The van der Waals surface area contributed by atoms with Gasteiger partial charge in [0.2, 0.25) is 5.91 Å². The Morgan fingerprint density at radius 3 is 2.27 bits per heavy atom. The molecule has 0 saturated heterocycles. The van der Waals surface area contributed by atoms with Crippen molar-refractivity contribution in [2.45, 2.75) is 6.18 Å². The van der Waals surface area contributed by atoms with Crippen molar-refractivity contribution in [3.05, 3.63) is 65.4 Å². The summed E-state index contributed by atoms with van der Waals surface area (Å²) in [5, 5.41) is 11.5. The third kappa shape index (κ3) is 5.73. The SMILES string of the molecule is N#Cc1ccc(Oc2ccc(-c3nc(NCC(N)=O)cc(C(N)=O)n3)cc2)cc1C(F)(F)F. The van der Waals surface area contributed by atoms with Gasteiger partial charge in [-0.15, -0.1) is 0 Å². The molecule has 0 bridgehead atoms. The summed E-state index contributed by atoms with van der Waals surface area (Å²) in [7, 11) is 0. The van der Waals surface area contributed by atoms with Crippen molar-refractivity contribution in [2.75, 3.05) is 11.9 Å². The fourth-order valence-electron chi connectivity index (χ4n) is 2.70. The van der Waals surface area contributed by atoms with Crippen molar-refractivity contribution < 1.29 is 27.5 Å². The van der Waals surface area contributed by atoms with Crippen molar-refractivity contribution in [1.82, 2.24) is 9.97 Å². The number of carbonyl (C=O) groups excluding carboxylic acids is 2. The Hall–Kier alpha value is -4.66. The molecule has 12 heteroatoms. The first-order chi connectivity index (χ1) is 15.6. The van der Waals surface area contributed by atoms with Crippen LogP contribution >= 0.6 is 0 Å². The van der Waals surface area contributed by atoms with Crippen LogP contribution in [0.1, 0.15) is 21.6 Å². The zero-order valence-corrected chi connectivity index (χ0v) is 16.7. The van der Waals surface area contributed by atoms with Crippen LogP contribution in [0.5, 0.6) is 11.5 Å². The average molecular weight is 456 g/mol. The summed E-state index contributed by atoms with van der Waals surface area (Å²) in [4.78, 5) is 30.8. The van der Waals surface area contributed by atoms with E-state index in [1.165, 1.54) is 42.5 Å². The Labute approximate surface area is 184 Å². The number of nitrogens with zero attached hydrogens (tertiary/aromatic N) is 3. The van der Waals surface area contributed by atoms with E-state index in [1.54, 1.807) is 0 Å². The van der Waals surface area contributed by atoms with E-state index in [0.717, 1.165) is 12.1 Å². The number of hydrogen-bond donors (Lipinski definition) is 3. The van der Waals surface area contributed by atoms with Crippen LogP contribution in [0.4, 0.5) is 19.0 Å². The van der Waals surface area contributed by atoms with Crippen LogP contribution in [0.25, 0.3) is 11.4 Å². The smallest absolute Gasteiger partial charge is 0.417 e. The normalized spacial score (nSPS) is 10.8. The van der Waals surface area contributed by atoms with Crippen LogP contribution in [0, 0.1) is 11.3 Å². The molecule has 0 aliphatic heterocycles. The maximum absolute atomic E-state index is 13.1. The summed E-state index contributed by atoms with van der Waals surface area (Å²) in [6.07, 6.45) is -4.71. The van der Waals surface area contributed by atoms with E-state index >= 15 is 0 Å². The predicted molar refractivity (Wildman–Crippen MR) is 110 cm³/mol. The average Bonchev–Trinajstić information content (AvgIpc) is 2.77. The first-order valence-corrected chi connectivity index (χ1v) is 9.17. The zero-order valence-electron chi connectivity index (χ0n) is 16.7. The van der Waals surface area contributed by atoms with Crippen LogP contribution in [-0.4, -0.2) is 28.3 Å². The minimum atomic E-state index is -4.71. The maximum atomic E-state index is 13.1. The lowest BCUT2D eigenvalue weighted by atomic mass is 10.1. The van der Waals surface area contributed by atoms with Gasteiger partial charge in [0, 0.05) is 11.6 Å². The molecule has 2 aromatic carbocycles. The van der Waals surface area contributed by atoms with Crippen LogP contribution < -0.4 is 21.5 Å². The number of nitriles is 1. The molecule has 0 aliphatic carbocycles.